The topological polar surface area (TPSA) is 81.4 Å². The Bertz CT molecular complexity index is 337. The van der Waals surface area contributed by atoms with Gasteiger partial charge in [-0.1, -0.05) is 0 Å². The summed E-state index contributed by atoms with van der Waals surface area (Å²) in [5, 5.41) is 0. The largest absolute Gasteiger partial charge is 0.377 e. The van der Waals surface area contributed by atoms with Gasteiger partial charge in [-0.2, -0.15) is 0 Å². The van der Waals surface area contributed by atoms with Crippen molar-refractivity contribution < 1.29 is 13.2 Å². The average molecular weight is 285 g/mol. The molecule has 1 unspecified atom stereocenters. The molecule has 2 aliphatic rings. The molecular weight excluding hydrogens is 264 g/mol. The number of rotatable bonds is 5. The molecule has 0 amide bonds. The molecular formula is C10H21ClN2O3S. The quantitative estimate of drug-likeness (QED) is 0.765. The predicted molar refractivity (Wildman–Crippen MR) is 68.8 cm³/mol. The van der Waals surface area contributed by atoms with Crippen LogP contribution < -0.4 is 10.5 Å². The van der Waals surface area contributed by atoms with Crippen molar-refractivity contribution in [2.45, 2.75) is 43.7 Å². The molecule has 1 aliphatic heterocycles. The van der Waals surface area contributed by atoms with Crippen LogP contribution in [0.15, 0.2) is 0 Å². The van der Waals surface area contributed by atoms with Crippen molar-refractivity contribution in [3.8, 4) is 0 Å². The molecule has 1 saturated carbocycles. The van der Waals surface area contributed by atoms with Crippen LogP contribution in [0.25, 0.3) is 0 Å². The summed E-state index contributed by atoms with van der Waals surface area (Å²) in [7, 11) is -3.23. The smallest absolute Gasteiger partial charge is 0.214 e. The fourth-order valence-electron chi connectivity index (χ4n) is 2.14. The second-order valence-corrected chi connectivity index (χ2v) is 6.80. The van der Waals surface area contributed by atoms with Crippen LogP contribution in [0.4, 0.5) is 0 Å². The summed E-state index contributed by atoms with van der Waals surface area (Å²) in [6.45, 7) is 1.04. The highest BCUT2D eigenvalue weighted by Crippen LogP contribution is 2.28. The van der Waals surface area contributed by atoms with Crippen molar-refractivity contribution in [3.05, 3.63) is 0 Å². The maximum Gasteiger partial charge on any atom is 0.214 e. The molecule has 1 heterocycles. The van der Waals surface area contributed by atoms with Crippen LogP contribution in [0.2, 0.25) is 0 Å². The van der Waals surface area contributed by atoms with Crippen LogP contribution >= 0.6 is 12.4 Å². The molecule has 0 aromatic rings. The fraction of sp³-hybridized carbons (Fsp3) is 1.00. The summed E-state index contributed by atoms with van der Waals surface area (Å²) in [5.41, 5.74) is 5.66. The van der Waals surface area contributed by atoms with Gasteiger partial charge in [0.15, 0.2) is 0 Å². The molecule has 0 bridgehead atoms. The number of hydrogen-bond acceptors (Lipinski definition) is 4. The summed E-state index contributed by atoms with van der Waals surface area (Å²) >= 11 is 0. The van der Waals surface area contributed by atoms with Crippen LogP contribution in [-0.2, 0) is 14.8 Å². The Morgan fingerprint density at radius 2 is 2.06 bits per heavy atom. The molecule has 0 aromatic carbocycles. The third kappa shape index (κ3) is 4.37. The minimum atomic E-state index is -3.23. The minimum absolute atomic E-state index is 0. The van der Waals surface area contributed by atoms with Crippen molar-refractivity contribution in [3.63, 3.8) is 0 Å². The SMILES string of the molecule is Cl.NC1(CNS(=O)(=O)CC2CCCO2)CCC1. The zero-order chi connectivity index (χ0) is 11.6. The first-order chi connectivity index (χ1) is 7.49. The number of sulfonamides is 1. The number of halogens is 1. The Balaban J connectivity index is 0.00000144. The number of hydrogen-bond donors (Lipinski definition) is 2. The Labute approximate surface area is 109 Å². The number of ether oxygens (including phenoxy) is 1. The molecule has 0 aromatic heterocycles. The van der Waals surface area contributed by atoms with E-state index in [0.717, 1.165) is 32.1 Å². The van der Waals surface area contributed by atoms with E-state index in [9.17, 15) is 8.42 Å². The van der Waals surface area contributed by atoms with Gasteiger partial charge in [0.1, 0.15) is 0 Å². The molecule has 2 rings (SSSR count). The molecule has 0 spiro atoms. The molecule has 0 radical (unpaired) electrons. The second kappa shape index (κ2) is 5.84. The van der Waals surface area contributed by atoms with Crippen molar-refractivity contribution in [2.24, 2.45) is 5.73 Å². The molecule has 17 heavy (non-hydrogen) atoms. The normalized spacial score (nSPS) is 27.2. The van der Waals surface area contributed by atoms with Crippen molar-refractivity contribution in [1.82, 2.24) is 4.72 Å². The van der Waals surface area contributed by atoms with E-state index in [1.54, 1.807) is 0 Å². The van der Waals surface area contributed by atoms with E-state index in [1.807, 2.05) is 0 Å². The van der Waals surface area contributed by atoms with Gasteiger partial charge in [-0.3, -0.25) is 0 Å². The Hall–Kier alpha value is 0.120. The van der Waals surface area contributed by atoms with E-state index in [0.29, 0.717) is 13.2 Å². The zero-order valence-corrected chi connectivity index (χ0v) is 11.5. The molecule has 7 heteroatoms. The van der Waals surface area contributed by atoms with Crippen molar-refractivity contribution in [1.29, 1.82) is 0 Å². The van der Waals surface area contributed by atoms with E-state index in [4.69, 9.17) is 10.5 Å². The molecule has 1 saturated heterocycles. The first kappa shape index (κ1) is 15.2. The molecule has 1 aliphatic carbocycles. The lowest BCUT2D eigenvalue weighted by Gasteiger charge is -2.38. The van der Waals surface area contributed by atoms with Gasteiger partial charge in [-0.05, 0) is 32.1 Å². The molecule has 5 nitrogen and oxygen atoms in total. The summed E-state index contributed by atoms with van der Waals surface area (Å²) in [6.07, 6.45) is 4.59. The van der Waals surface area contributed by atoms with Gasteiger partial charge < -0.3 is 10.5 Å². The van der Waals surface area contributed by atoms with Gasteiger partial charge >= 0.3 is 0 Å². The Kier molecular flexibility index (Phi) is 5.21. The standard InChI is InChI=1S/C10H20N2O3S.ClH/c11-10(4-2-5-10)8-12-16(13,14)7-9-3-1-6-15-9;/h9,12H,1-8,11H2;1H. The Morgan fingerprint density at radius 1 is 1.35 bits per heavy atom. The highest BCUT2D eigenvalue weighted by atomic mass is 35.5. The average Bonchev–Trinajstić information content (AvgIpc) is 2.63. The predicted octanol–water partition coefficient (Wildman–Crippen LogP) is 0.388. The van der Waals surface area contributed by atoms with Crippen LogP contribution in [0.3, 0.4) is 0 Å². The zero-order valence-electron chi connectivity index (χ0n) is 9.85. The van der Waals surface area contributed by atoms with E-state index in [2.05, 4.69) is 4.72 Å². The monoisotopic (exact) mass is 284 g/mol. The first-order valence-corrected chi connectivity index (χ1v) is 7.52. The maximum atomic E-state index is 11.7. The van der Waals surface area contributed by atoms with E-state index in [-0.39, 0.29) is 29.8 Å². The summed E-state index contributed by atoms with van der Waals surface area (Å²) in [4.78, 5) is 0. The van der Waals surface area contributed by atoms with Gasteiger partial charge in [0, 0.05) is 18.7 Å². The van der Waals surface area contributed by atoms with Crippen LogP contribution in [0.1, 0.15) is 32.1 Å². The lowest BCUT2D eigenvalue weighted by atomic mass is 9.78. The fourth-order valence-corrected chi connectivity index (χ4v) is 3.52. The number of nitrogens with two attached hydrogens (primary N) is 1. The molecule has 2 fully saturated rings. The number of nitrogens with one attached hydrogen (secondary N) is 1. The molecule has 3 N–H and O–H groups in total. The highest BCUT2D eigenvalue weighted by molar-refractivity contribution is 7.89. The third-order valence-electron chi connectivity index (χ3n) is 3.42. The van der Waals surface area contributed by atoms with Crippen LogP contribution in [0.5, 0.6) is 0 Å². The molecule has 102 valence electrons. The maximum absolute atomic E-state index is 11.7. The van der Waals surface area contributed by atoms with Crippen molar-refractivity contribution in [2.75, 3.05) is 18.9 Å². The second-order valence-electron chi connectivity index (χ2n) is 4.95. The van der Waals surface area contributed by atoms with Gasteiger partial charge in [-0.15, -0.1) is 12.4 Å². The van der Waals surface area contributed by atoms with Gasteiger partial charge in [0.25, 0.3) is 0 Å². The van der Waals surface area contributed by atoms with Gasteiger partial charge in [0.05, 0.1) is 11.9 Å². The summed E-state index contributed by atoms with van der Waals surface area (Å²) in [5.74, 6) is 0.0725. The van der Waals surface area contributed by atoms with Gasteiger partial charge in [-0.25, -0.2) is 13.1 Å². The van der Waals surface area contributed by atoms with E-state index >= 15 is 0 Å². The van der Waals surface area contributed by atoms with E-state index < -0.39 is 10.0 Å². The Morgan fingerprint density at radius 3 is 2.53 bits per heavy atom. The lowest BCUT2D eigenvalue weighted by molar-refractivity contribution is 0.127. The first-order valence-electron chi connectivity index (χ1n) is 5.87. The minimum Gasteiger partial charge on any atom is -0.377 e. The summed E-state index contributed by atoms with van der Waals surface area (Å²) in [6, 6.07) is 0. The van der Waals surface area contributed by atoms with Crippen LogP contribution in [0, 0.1) is 0 Å². The van der Waals surface area contributed by atoms with Crippen molar-refractivity contribution >= 4 is 22.4 Å². The van der Waals surface area contributed by atoms with E-state index in [1.165, 1.54) is 0 Å². The molecule has 1 atom stereocenters. The summed E-state index contributed by atoms with van der Waals surface area (Å²) < 4.78 is 31.4. The lowest BCUT2D eigenvalue weighted by Crippen LogP contribution is -2.55. The third-order valence-corrected chi connectivity index (χ3v) is 4.82. The van der Waals surface area contributed by atoms with Gasteiger partial charge in [0.2, 0.25) is 10.0 Å². The van der Waals surface area contributed by atoms with Crippen LogP contribution in [-0.4, -0.2) is 39.0 Å². The highest BCUT2D eigenvalue weighted by Gasteiger charge is 2.34.